The van der Waals surface area contributed by atoms with Crippen molar-refractivity contribution >= 4 is 0 Å². The van der Waals surface area contributed by atoms with Gasteiger partial charge in [-0.2, -0.15) is 0 Å². The molecular weight excluding hydrogens is 194 g/mol. The topological polar surface area (TPSA) is 3.24 Å². The SMILES string of the molecule is C/C=C\C1=C(/C=C\CC)CCN(C)C1.CC. The van der Waals surface area contributed by atoms with Gasteiger partial charge in [0, 0.05) is 13.1 Å². The molecule has 1 aliphatic heterocycles. The first-order valence-electron chi connectivity index (χ1n) is 6.47. The van der Waals surface area contributed by atoms with Crippen LogP contribution in [0.2, 0.25) is 0 Å². The van der Waals surface area contributed by atoms with Crippen LogP contribution < -0.4 is 0 Å². The van der Waals surface area contributed by atoms with Crippen molar-refractivity contribution in [1.82, 2.24) is 4.90 Å². The summed E-state index contributed by atoms with van der Waals surface area (Å²) in [7, 11) is 2.18. The Balaban J connectivity index is 0.00000106. The minimum absolute atomic E-state index is 1.09. The van der Waals surface area contributed by atoms with Gasteiger partial charge in [-0.1, -0.05) is 45.1 Å². The molecule has 1 heterocycles. The van der Waals surface area contributed by atoms with Gasteiger partial charge in [-0.05, 0) is 38.0 Å². The van der Waals surface area contributed by atoms with Crippen molar-refractivity contribution in [2.45, 2.75) is 40.5 Å². The highest BCUT2D eigenvalue weighted by Crippen LogP contribution is 2.19. The standard InChI is InChI=1S/C13H21N.C2H6/c1-4-6-8-12-9-10-14(3)11-13(12)7-5-2;1-2/h5-8H,4,9-11H2,1-3H3;1-2H3/b7-5-,8-6-;. The second kappa shape index (κ2) is 9.41. The molecule has 0 amide bonds. The van der Waals surface area contributed by atoms with E-state index in [1.165, 1.54) is 24.1 Å². The minimum atomic E-state index is 1.09. The zero-order valence-corrected chi connectivity index (χ0v) is 11.6. The Morgan fingerprint density at radius 2 is 1.88 bits per heavy atom. The molecule has 0 aromatic carbocycles. The van der Waals surface area contributed by atoms with Gasteiger partial charge in [0.2, 0.25) is 0 Å². The summed E-state index contributed by atoms with van der Waals surface area (Å²) >= 11 is 0. The molecule has 0 bridgehead atoms. The smallest absolute Gasteiger partial charge is 0.0233 e. The van der Waals surface area contributed by atoms with Gasteiger partial charge in [-0.25, -0.2) is 0 Å². The van der Waals surface area contributed by atoms with Crippen LogP contribution in [-0.4, -0.2) is 25.0 Å². The lowest BCUT2D eigenvalue weighted by molar-refractivity contribution is 0.354. The third-order valence-electron chi connectivity index (χ3n) is 2.54. The zero-order chi connectivity index (χ0) is 12.4. The molecule has 0 aliphatic carbocycles. The van der Waals surface area contributed by atoms with Gasteiger partial charge in [0.15, 0.2) is 0 Å². The lowest BCUT2D eigenvalue weighted by Gasteiger charge is -2.25. The van der Waals surface area contributed by atoms with E-state index in [-0.39, 0.29) is 0 Å². The van der Waals surface area contributed by atoms with Crippen molar-refractivity contribution in [3.8, 4) is 0 Å². The van der Waals surface area contributed by atoms with E-state index in [1.54, 1.807) is 0 Å². The number of nitrogens with zero attached hydrogens (tertiary/aromatic N) is 1. The normalized spacial score (nSPS) is 18.1. The van der Waals surface area contributed by atoms with Crippen molar-refractivity contribution in [3.05, 3.63) is 35.5 Å². The average molecular weight is 221 g/mol. The first kappa shape index (κ1) is 15.2. The third kappa shape index (κ3) is 5.32. The molecule has 0 radical (unpaired) electrons. The van der Waals surface area contributed by atoms with E-state index in [2.05, 4.69) is 50.1 Å². The summed E-state index contributed by atoms with van der Waals surface area (Å²) in [6.07, 6.45) is 11.2. The van der Waals surface area contributed by atoms with Crippen LogP contribution in [0.1, 0.15) is 40.5 Å². The summed E-state index contributed by atoms with van der Waals surface area (Å²) < 4.78 is 0. The summed E-state index contributed by atoms with van der Waals surface area (Å²) in [5.41, 5.74) is 2.99. The van der Waals surface area contributed by atoms with Gasteiger partial charge < -0.3 is 4.90 Å². The molecule has 0 unspecified atom stereocenters. The molecule has 0 aromatic heterocycles. The lowest BCUT2D eigenvalue weighted by atomic mass is 9.99. The lowest BCUT2D eigenvalue weighted by Crippen LogP contribution is -2.27. The third-order valence-corrected chi connectivity index (χ3v) is 2.54. The van der Waals surface area contributed by atoms with Crippen molar-refractivity contribution in [2.75, 3.05) is 20.1 Å². The molecule has 0 saturated heterocycles. The van der Waals surface area contributed by atoms with E-state index in [9.17, 15) is 0 Å². The fourth-order valence-electron chi connectivity index (χ4n) is 1.75. The van der Waals surface area contributed by atoms with Crippen LogP contribution in [0.15, 0.2) is 35.5 Å². The maximum atomic E-state index is 2.37. The van der Waals surface area contributed by atoms with Crippen molar-refractivity contribution in [2.24, 2.45) is 0 Å². The molecule has 0 aromatic rings. The molecule has 0 fully saturated rings. The monoisotopic (exact) mass is 221 g/mol. The van der Waals surface area contributed by atoms with E-state index >= 15 is 0 Å². The fraction of sp³-hybridized carbons (Fsp3) is 0.600. The van der Waals surface area contributed by atoms with Crippen LogP contribution in [0.25, 0.3) is 0 Å². The number of allylic oxidation sites excluding steroid dienone is 3. The van der Waals surface area contributed by atoms with Gasteiger partial charge >= 0.3 is 0 Å². The summed E-state index contributed by atoms with van der Waals surface area (Å²) in [5, 5.41) is 0. The number of hydrogen-bond acceptors (Lipinski definition) is 1. The van der Waals surface area contributed by atoms with Gasteiger partial charge in [0.25, 0.3) is 0 Å². The molecule has 1 nitrogen and oxygen atoms in total. The zero-order valence-electron chi connectivity index (χ0n) is 11.6. The maximum absolute atomic E-state index is 2.37. The van der Waals surface area contributed by atoms with Crippen LogP contribution in [0, 0.1) is 0 Å². The van der Waals surface area contributed by atoms with E-state index in [4.69, 9.17) is 0 Å². The van der Waals surface area contributed by atoms with Crippen LogP contribution in [0.3, 0.4) is 0 Å². The first-order chi connectivity index (χ1) is 7.77. The summed E-state index contributed by atoms with van der Waals surface area (Å²) in [5.74, 6) is 0. The Kier molecular flexibility index (Phi) is 8.93. The average Bonchev–Trinajstić information content (AvgIpc) is 2.31. The highest BCUT2D eigenvalue weighted by molar-refractivity contribution is 5.36. The van der Waals surface area contributed by atoms with Crippen LogP contribution in [0.5, 0.6) is 0 Å². The first-order valence-corrected chi connectivity index (χ1v) is 6.47. The van der Waals surface area contributed by atoms with Crippen molar-refractivity contribution in [1.29, 1.82) is 0 Å². The molecule has 1 heteroatoms. The number of likely N-dealkylation sites (N-methyl/N-ethyl adjacent to an activating group) is 1. The Hall–Kier alpha value is -0.820. The van der Waals surface area contributed by atoms with Gasteiger partial charge in [0.1, 0.15) is 0 Å². The molecular formula is C15H27N. The minimum Gasteiger partial charge on any atom is -0.302 e. The predicted octanol–water partition coefficient (Wildman–Crippen LogP) is 4.19. The van der Waals surface area contributed by atoms with E-state index in [1.807, 2.05) is 13.8 Å². The largest absolute Gasteiger partial charge is 0.302 e. The molecule has 16 heavy (non-hydrogen) atoms. The highest BCUT2D eigenvalue weighted by atomic mass is 15.1. The molecule has 92 valence electrons. The summed E-state index contributed by atoms with van der Waals surface area (Å²) in [6, 6.07) is 0. The molecule has 0 N–H and O–H groups in total. The van der Waals surface area contributed by atoms with Crippen LogP contribution in [0.4, 0.5) is 0 Å². The molecule has 1 aliphatic rings. The molecule has 0 spiro atoms. The Labute approximate surface area is 102 Å². The fourth-order valence-corrected chi connectivity index (χ4v) is 1.75. The van der Waals surface area contributed by atoms with E-state index in [0.29, 0.717) is 0 Å². The van der Waals surface area contributed by atoms with Gasteiger partial charge in [-0.15, -0.1) is 0 Å². The van der Waals surface area contributed by atoms with E-state index in [0.717, 1.165) is 13.0 Å². The molecule has 1 rings (SSSR count). The van der Waals surface area contributed by atoms with Crippen LogP contribution >= 0.6 is 0 Å². The number of hydrogen-bond donors (Lipinski definition) is 0. The second-order valence-corrected chi connectivity index (χ2v) is 3.85. The Morgan fingerprint density at radius 1 is 1.19 bits per heavy atom. The maximum Gasteiger partial charge on any atom is 0.0233 e. The Bertz CT molecular complexity index is 259. The molecule has 0 saturated carbocycles. The van der Waals surface area contributed by atoms with Crippen molar-refractivity contribution < 1.29 is 0 Å². The molecule has 0 atom stereocenters. The quantitative estimate of drug-likeness (QED) is 0.691. The van der Waals surface area contributed by atoms with Crippen LogP contribution in [-0.2, 0) is 0 Å². The predicted molar refractivity (Wildman–Crippen MR) is 74.7 cm³/mol. The second-order valence-electron chi connectivity index (χ2n) is 3.85. The Morgan fingerprint density at radius 3 is 2.44 bits per heavy atom. The van der Waals surface area contributed by atoms with E-state index < -0.39 is 0 Å². The van der Waals surface area contributed by atoms with Crippen molar-refractivity contribution in [3.63, 3.8) is 0 Å². The summed E-state index contributed by atoms with van der Waals surface area (Å²) in [4.78, 5) is 2.37. The summed E-state index contributed by atoms with van der Waals surface area (Å²) in [6.45, 7) is 10.5. The van der Waals surface area contributed by atoms with Gasteiger partial charge in [-0.3, -0.25) is 0 Å². The highest BCUT2D eigenvalue weighted by Gasteiger charge is 2.11. The van der Waals surface area contributed by atoms with Gasteiger partial charge in [0.05, 0.1) is 0 Å². The number of rotatable bonds is 3.